The molecule has 0 radical (unpaired) electrons. The van der Waals surface area contributed by atoms with Crippen molar-refractivity contribution >= 4 is 17.6 Å². The second-order valence-corrected chi connectivity index (χ2v) is 5.42. The fraction of sp³-hybridized carbons (Fsp3) is 0.571. The average Bonchev–Trinajstić information content (AvgIpc) is 2.46. The van der Waals surface area contributed by atoms with Gasteiger partial charge in [0.05, 0.1) is 11.9 Å². The van der Waals surface area contributed by atoms with E-state index in [1.165, 1.54) is 0 Å². The summed E-state index contributed by atoms with van der Waals surface area (Å²) in [6.45, 7) is 7.73. The molecule has 2 rings (SSSR count). The molecule has 0 aliphatic carbocycles. The first-order valence-electron chi connectivity index (χ1n) is 7.01. The number of carboxylic acids is 1. The topological polar surface area (TPSA) is 86.6 Å². The molecule has 2 heterocycles. The van der Waals surface area contributed by atoms with Gasteiger partial charge in [0.1, 0.15) is 5.82 Å². The van der Waals surface area contributed by atoms with Crippen LogP contribution in [-0.2, 0) is 4.79 Å². The predicted molar refractivity (Wildman–Crippen MR) is 77.5 cm³/mol. The van der Waals surface area contributed by atoms with Crippen LogP contribution in [0.3, 0.4) is 0 Å². The van der Waals surface area contributed by atoms with Crippen molar-refractivity contribution in [3.8, 4) is 0 Å². The summed E-state index contributed by atoms with van der Waals surface area (Å²) in [4.78, 5) is 34.9. The molecule has 7 heteroatoms. The quantitative estimate of drug-likeness (QED) is 0.893. The summed E-state index contributed by atoms with van der Waals surface area (Å²) >= 11 is 0. The summed E-state index contributed by atoms with van der Waals surface area (Å²) in [6, 6.07) is 0. The Kier molecular flexibility index (Phi) is 4.40. The molecule has 0 spiro atoms. The average molecular weight is 292 g/mol. The van der Waals surface area contributed by atoms with E-state index in [1.54, 1.807) is 18.0 Å². The molecule has 1 amide bonds. The molecule has 1 saturated heterocycles. The molecule has 1 aliphatic heterocycles. The fourth-order valence-corrected chi connectivity index (χ4v) is 2.32. The van der Waals surface area contributed by atoms with Crippen LogP contribution in [0.25, 0.3) is 0 Å². The van der Waals surface area contributed by atoms with Crippen molar-refractivity contribution in [2.75, 3.05) is 31.1 Å². The molecule has 0 saturated carbocycles. The summed E-state index contributed by atoms with van der Waals surface area (Å²) in [7, 11) is 0. The van der Waals surface area contributed by atoms with Gasteiger partial charge in [0, 0.05) is 39.0 Å². The molecular weight excluding hydrogens is 272 g/mol. The van der Waals surface area contributed by atoms with Crippen LogP contribution >= 0.6 is 0 Å². The number of piperazine rings is 1. The van der Waals surface area contributed by atoms with E-state index in [2.05, 4.69) is 9.97 Å². The number of carbonyl (C=O) groups excluding carboxylic acids is 1. The van der Waals surface area contributed by atoms with Gasteiger partial charge in [0.25, 0.3) is 0 Å². The summed E-state index contributed by atoms with van der Waals surface area (Å²) in [5.74, 6) is -0.409. The first kappa shape index (κ1) is 15.2. The van der Waals surface area contributed by atoms with Gasteiger partial charge in [-0.25, -0.2) is 14.8 Å². The number of hydrogen-bond acceptors (Lipinski definition) is 5. The number of carboxylic acid groups (broad SMARTS) is 1. The third-order valence-corrected chi connectivity index (χ3v) is 3.57. The Hall–Kier alpha value is -2.18. The maximum Gasteiger partial charge on any atom is 0.356 e. The van der Waals surface area contributed by atoms with E-state index in [-0.39, 0.29) is 17.5 Å². The van der Waals surface area contributed by atoms with Crippen LogP contribution in [0.4, 0.5) is 5.69 Å². The number of carbonyl (C=O) groups is 2. The molecule has 1 aromatic heterocycles. The van der Waals surface area contributed by atoms with Gasteiger partial charge >= 0.3 is 5.97 Å². The van der Waals surface area contributed by atoms with Gasteiger partial charge in [-0.3, -0.25) is 4.79 Å². The van der Waals surface area contributed by atoms with Crippen LogP contribution < -0.4 is 4.90 Å². The molecular formula is C14H20N4O3. The molecule has 7 nitrogen and oxygen atoms in total. The largest absolute Gasteiger partial charge is 0.476 e. The Labute approximate surface area is 123 Å². The molecule has 114 valence electrons. The summed E-state index contributed by atoms with van der Waals surface area (Å²) in [6.07, 6.45) is 1.58. The van der Waals surface area contributed by atoms with Crippen molar-refractivity contribution in [2.45, 2.75) is 26.7 Å². The highest BCUT2D eigenvalue weighted by molar-refractivity contribution is 5.92. The zero-order valence-corrected chi connectivity index (χ0v) is 12.5. The fourth-order valence-electron chi connectivity index (χ4n) is 2.32. The van der Waals surface area contributed by atoms with Gasteiger partial charge in [-0.1, -0.05) is 13.8 Å². The molecule has 0 unspecified atom stereocenters. The van der Waals surface area contributed by atoms with Crippen molar-refractivity contribution in [1.29, 1.82) is 0 Å². The van der Waals surface area contributed by atoms with Crippen LogP contribution in [-0.4, -0.2) is 58.0 Å². The lowest BCUT2D eigenvalue weighted by molar-refractivity contribution is -0.129. The molecule has 0 atom stereocenters. The Morgan fingerprint density at radius 3 is 2.33 bits per heavy atom. The number of anilines is 1. The maximum absolute atomic E-state index is 11.4. The summed E-state index contributed by atoms with van der Waals surface area (Å²) in [5.41, 5.74) is 0.556. The number of aromatic nitrogens is 2. The van der Waals surface area contributed by atoms with E-state index in [0.29, 0.717) is 37.7 Å². The lowest BCUT2D eigenvalue weighted by atomic mass is 10.2. The van der Waals surface area contributed by atoms with Crippen molar-refractivity contribution in [3.63, 3.8) is 0 Å². The van der Waals surface area contributed by atoms with Gasteiger partial charge in [-0.05, 0) is 0 Å². The molecule has 1 aromatic rings. The highest BCUT2D eigenvalue weighted by Gasteiger charge is 2.24. The third kappa shape index (κ3) is 3.29. The van der Waals surface area contributed by atoms with E-state index < -0.39 is 5.97 Å². The van der Waals surface area contributed by atoms with Gasteiger partial charge < -0.3 is 14.9 Å². The maximum atomic E-state index is 11.4. The van der Waals surface area contributed by atoms with E-state index in [0.717, 1.165) is 0 Å². The number of aromatic carboxylic acids is 1. The minimum Gasteiger partial charge on any atom is -0.476 e. The summed E-state index contributed by atoms with van der Waals surface area (Å²) in [5, 5.41) is 9.36. The Bertz CT molecular complexity index is 551. The molecule has 1 fully saturated rings. The van der Waals surface area contributed by atoms with Gasteiger partial charge in [-0.15, -0.1) is 0 Å². The molecule has 1 aliphatic rings. The second kappa shape index (κ2) is 6.07. The molecule has 0 aromatic carbocycles. The number of amides is 1. The highest BCUT2D eigenvalue weighted by Crippen LogP contribution is 2.22. The van der Waals surface area contributed by atoms with Crippen molar-refractivity contribution in [3.05, 3.63) is 17.7 Å². The number of rotatable bonds is 3. The van der Waals surface area contributed by atoms with Crippen LogP contribution in [0.1, 0.15) is 43.0 Å². The minimum atomic E-state index is -1.05. The van der Waals surface area contributed by atoms with Gasteiger partial charge in [0.15, 0.2) is 5.69 Å². The van der Waals surface area contributed by atoms with Crippen molar-refractivity contribution < 1.29 is 14.7 Å². The Morgan fingerprint density at radius 1 is 1.24 bits per heavy atom. The first-order valence-corrected chi connectivity index (χ1v) is 7.01. The van der Waals surface area contributed by atoms with Gasteiger partial charge in [0.2, 0.25) is 5.91 Å². The number of nitrogens with zero attached hydrogens (tertiary/aromatic N) is 4. The monoisotopic (exact) mass is 292 g/mol. The van der Waals surface area contributed by atoms with E-state index in [4.69, 9.17) is 0 Å². The standard InChI is InChI=1S/C14H20N4O3/c1-9(2)13-15-8-11(12(16-13)14(20)21)18-6-4-17(5-7-18)10(3)19/h8-9H,4-7H2,1-3H3,(H,20,21). The van der Waals surface area contributed by atoms with E-state index >= 15 is 0 Å². The lowest BCUT2D eigenvalue weighted by Crippen LogP contribution is -2.48. The Balaban J connectivity index is 2.24. The number of hydrogen-bond donors (Lipinski definition) is 1. The Morgan fingerprint density at radius 2 is 1.86 bits per heavy atom. The summed E-state index contributed by atoms with van der Waals surface area (Å²) < 4.78 is 0. The second-order valence-electron chi connectivity index (χ2n) is 5.42. The van der Waals surface area contributed by atoms with Gasteiger partial charge in [-0.2, -0.15) is 0 Å². The highest BCUT2D eigenvalue weighted by atomic mass is 16.4. The normalized spacial score (nSPS) is 15.4. The zero-order chi connectivity index (χ0) is 15.6. The van der Waals surface area contributed by atoms with Crippen LogP contribution in [0.2, 0.25) is 0 Å². The van der Waals surface area contributed by atoms with E-state index in [9.17, 15) is 14.7 Å². The first-order chi connectivity index (χ1) is 9.90. The van der Waals surface area contributed by atoms with Crippen LogP contribution in [0.15, 0.2) is 6.20 Å². The van der Waals surface area contributed by atoms with Crippen LogP contribution in [0.5, 0.6) is 0 Å². The lowest BCUT2D eigenvalue weighted by Gasteiger charge is -2.35. The van der Waals surface area contributed by atoms with Crippen molar-refractivity contribution in [2.24, 2.45) is 0 Å². The smallest absolute Gasteiger partial charge is 0.356 e. The molecule has 0 bridgehead atoms. The SMILES string of the molecule is CC(=O)N1CCN(c2cnc(C(C)C)nc2C(=O)O)CC1. The molecule has 21 heavy (non-hydrogen) atoms. The van der Waals surface area contributed by atoms with E-state index in [1.807, 2.05) is 18.7 Å². The van der Waals surface area contributed by atoms with Crippen LogP contribution in [0, 0.1) is 0 Å². The predicted octanol–water partition coefficient (Wildman–Crippen LogP) is 0.967. The third-order valence-electron chi connectivity index (χ3n) is 3.57. The molecule has 1 N–H and O–H groups in total. The van der Waals surface area contributed by atoms with Crippen molar-refractivity contribution in [1.82, 2.24) is 14.9 Å². The minimum absolute atomic E-state index is 0.0324. The zero-order valence-electron chi connectivity index (χ0n) is 12.5.